The molecular weight excluding hydrogens is 224 g/mol. The van der Waals surface area contributed by atoms with Crippen molar-refractivity contribution in [3.05, 3.63) is 23.4 Å². The van der Waals surface area contributed by atoms with Crippen LogP contribution in [0.5, 0.6) is 0 Å². The predicted octanol–water partition coefficient (Wildman–Crippen LogP) is 1.38. The fourth-order valence-electron chi connectivity index (χ4n) is 2.58. The maximum absolute atomic E-state index is 5.82. The van der Waals surface area contributed by atoms with E-state index < -0.39 is 0 Å². The first-order chi connectivity index (χ1) is 8.65. The average molecular weight is 248 g/mol. The Kier molecular flexibility index (Phi) is 4.19. The maximum atomic E-state index is 5.82. The van der Waals surface area contributed by atoms with E-state index >= 15 is 0 Å². The number of pyridine rings is 1. The second kappa shape index (κ2) is 5.67. The van der Waals surface area contributed by atoms with E-state index in [1.54, 1.807) is 0 Å². The van der Waals surface area contributed by atoms with Crippen LogP contribution in [0.4, 0.5) is 5.82 Å². The molecule has 100 valence electrons. The minimum atomic E-state index is 0.561. The third-order valence-corrected chi connectivity index (χ3v) is 3.86. The molecule has 1 aliphatic heterocycles. The molecule has 0 amide bonds. The van der Waals surface area contributed by atoms with Crippen LogP contribution in [-0.2, 0) is 6.54 Å². The van der Waals surface area contributed by atoms with Gasteiger partial charge < -0.3 is 10.6 Å². The van der Waals surface area contributed by atoms with Crippen molar-refractivity contribution < 1.29 is 0 Å². The van der Waals surface area contributed by atoms with Crippen molar-refractivity contribution in [2.75, 3.05) is 31.6 Å². The Labute approximate surface area is 110 Å². The van der Waals surface area contributed by atoms with Crippen molar-refractivity contribution in [2.45, 2.75) is 32.9 Å². The summed E-state index contributed by atoms with van der Waals surface area (Å²) in [5, 5.41) is 0. The fourth-order valence-corrected chi connectivity index (χ4v) is 2.58. The molecule has 0 bridgehead atoms. The minimum absolute atomic E-state index is 0.561. The zero-order chi connectivity index (χ0) is 13.1. The SMILES string of the molecule is CCC1CN(c2nc(C)ccc2CN)CCN1C. The first-order valence-corrected chi connectivity index (χ1v) is 6.77. The number of piperazine rings is 1. The maximum Gasteiger partial charge on any atom is 0.133 e. The molecule has 0 aliphatic carbocycles. The molecule has 0 aromatic carbocycles. The lowest BCUT2D eigenvalue weighted by atomic mass is 10.1. The molecule has 0 spiro atoms. The van der Waals surface area contributed by atoms with Gasteiger partial charge in [-0.25, -0.2) is 4.98 Å². The topological polar surface area (TPSA) is 45.4 Å². The van der Waals surface area contributed by atoms with Crippen molar-refractivity contribution in [1.82, 2.24) is 9.88 Å². The fraction of sp³-hybridized carbons (Fsp3) is 0.643. The van der Waals surface area contributed by atoms with Crippen LogP contribution in [0.25, 0.3) is 0 Å². The quantitative estimate of drug-likeness (QED) is 0.878. The van der Waals surface area contributed by atoms with Gasteiger partial charge in [0.1, 0.15) is 5.82 Å². The summed E-state index contributed by atoms with van der Waals surface area (Å²) in [6, 6.07) is 4.77. The van der Waals surface area contributed by atoms with Crippen LogP contribution in [0.15, 0.2) is 12.1 Å². The smallest absolute Gasteiger partial charge is 0.133 e. The second-order valence-corrected chi connectivity index (χ2v) is 5.13. The molecule has 2 heterocycles. The lowest BCUT2D eigenvalue weighted by Gasteiger charge is -2.40. The Morgan fingerprint density at radius 3 is 2.83 bits per heavy atom. The number of aryl methyl sites for hydroxylation is 1. The Morgan fingerprint density at radius 1 is 1.39 bits per heavy atom. The highest BCUT2D eigenvalue weighted by atomic mass is 15.3. The van der Waals surface area contributed by atoms with Crippen molar-refractivity contribution in [2.24, 2.45) is 5.73 Å². The van der Waals surface area contributed by atoms with E-state index in [9.17, 15) is 0 Å². The van der Waals surface area contributed by atoms with E-state index in [0.717, 1.165) is 36.7 Å². The van der Waals surface area contributed by atoms with Crippen LogP contribution in [0.2, 0.25) is 0 Å². The molecule has 0 radical (unpaired) electrons. The normalized spacial score (nSPS) is 21.3. The van der Waals surface area contributed by atoms with Gasteiger partial charge in [0.2, 0.25) is 0 Å². The number of aromatic nitrogens is 1. The van der Waals surface area contributed by atoms with Gasteiger partial charge in [0.15, 0.2) is 0 Å². The Bertz CT molecular complexity index is 405. The highest BCUT2D eigenvalue weighted by Gasteiger charge is 2.24. The van der Waals surface area contributed by atoms with Crippen molar-refractivity contribution in [3.63, 3.8) is 0 Å². The zero-order valence-electron chi connectivity index (χ0n) is 11.7. The van der Waals surface area contributed by atoms with Crippen molar-refractivity contribution in [3.8, 4) is 0 Å². The van der Waals surface area contributed by atoms with Crippen LogP contribution in [0.3, 0.4) is 0 Å². The van der Waals surface area contributed by atoms with E-state index in [1.165, 1.54) is 6.42 Å². The highest BCUT2D eigenvalue weighted by Crippen LogP contribution is 2.22. The van der Waals surface area contributed by atoms with Gasteiger partial charge in [0, 0.05) is 43.5 Å². The molecule has 2 rings (SSSR count). The standard InChI is InChI=1S/C14H24N4/c1-4-13-10-18(8-7-17(13)3)14-12(9-15)6-5-11(2)16-14/h5-6,13H,4,7-10,15H2,1-3H3. The predicted molar refractivity (Wildman–Crippen MR) is 75.8 cm³/mol. The lowest BCUT2D eigenvalue weighted by molar-refractivity contribution is 0.212. The molecule has 1 saturated heterocycles. The summed E-state index contributed by atoms with van der Waals surface area (Å²) in [5.41, 5.74) is 8.04. The van der Waals surface area contributed by atoms with Gasteiger partial charge in [-0.2, -0.15) is 0 Å². The monoisotopic (exact) mass is 248 g/mol. The van der Waals surface area contributed by atoms with E-state index in [2.05, 4.69) is 34.8 Å². The summed E-state index contributed by atoms with van der Waals surface area (Å²) in [6.07, 6.45) is 1.18. The van der Waals surface area contributed by atoms with Gasteiger partial charge in [0.25, 0.3) is 0 Å². The van der Waals surface area contributed by atoms with Gasteiger partial charge in [-0.15, -0.1) is 0 Å². The zero-order valence-corrected chi connectivity index (χ0v) is 11.7. The summed E-state index contributed by atoms with van der Waals surface area (Å²) in [6.45, 7) is 8.03. The molecule has 1 fully saturated rings. The molecule has 0 saturated carbocycles. The summed E-state index contributed by atoms with van der Waals surface area (Å²) >= 11 is 0. The molecular formula is C14H24N4. The molecule has 1 unspecified atom stereocenters. The molecule has 18 heavy (non-hydrogen) atoms. The van der Waals surface area contributed by atoms with Gasteiger partial charge in [-0.1, -0.05) is 13.0 Å². The summed E-state index contributed by atoms with van der Waals surface area (Å²) < 4.78 is 0. The van der Waals surface area contributed by atoms with Gasteiger partial charge in [-0.05, 0) is 26.5 Å². The first-order valence-electron chi connectivity index (χ1n) is 6.77. The molecule has 1 aromatic rings. The number of rotatable bonds is 3. The molecule has 4 nitrogen and oxygen atoms in total. The number of likely N-dealkylation sites (N-methyl/N-ethyl adjacent to an activating group) is 1. The van der Waals surface area contributed by atoms with Crippen LogP contribution in [0, 0.1) is 6.92 Å². The highest BCUT2D eigenvalue weighted by molar-refractivity contribution is 5.48. The number of hydrogen-bond acceptors (Lipinski definition) is 4. The molecule has 4 heteroatoms. The minimum Gasteiger partial charge on any atom is -0.353 e. The second-order valence-electron chi connectivity index (χ2n) is 5.13. The molecule has 1 aliphatic rings. The van der Waals surface area contributed by atoms with Crippen LogP contribution < -0.4 is 10.6 Å². The van der Waals surface area contributed by atoms with Crippen molar-refractivity contribution >= 4 is 5.82 Å². The van der Waals surface area contributed by atoms with Crippen LogP contribution >= 0.6 is 0 Å². The number of nitrogens with two attached hydrogens (primary N) is 1. The molecule has 2 N–H and O–H groups in total. The number of nitrogens with zero attached hydrogens (tertiary/aromatic N) is 3. The number of hydrogen-bond donors (Lipinski definition) is 1. The average Bonchev–Trinajstić information content (AvgIpc) is 2.39. The summed E-state index contributed by atoms with van der Waals surface area (Å²) in [7, 11) is 2.21. The lowest BCUT2D eigenvalue weighted by Crippen LogP contribution is -2.51. The molecule has 1 aromatic heterocycles. The number of anilines is 1. The van der Waals surface area contributed by atoms with Gasteiger partial charge >= 0.3 is 0 Å². The summed E-state index contributed by atoms with van der Waals surface area (Å²) in [4.78, 5) is 9.52. The van der Waals surface area contributed by atoms with Gasteiger partial charge in [-0.3, -0.25) is 4.90 Å². The largest absolute Gasteiger partial charge is 0.353 e. The van der Waals surface area contributed by atoms with Crippen LogP contribution in [0.1, 0.15) is 24.6 Å². The Morgan fingerprint density at radius 2 is 2.17 bits per heavy atom. The Balaban J connectivity index is 2.23. The van der Waals surface area contributed by atoms with E-state index in [-0.39, 0.29) is 0 Å². The first kappa shape index (κ1) is 13.3. The van der Waals surface area contributed by atoms with E-state index in [1.807, 2.05) is 13.0 Å². The Hall–Kier alpha value is -1.13. The van der Waals surface area contributed by atoms with E-state index in [4.69, 9.17) is 5.73 Å². The third kappa shape index (κ3) is 2.65. The summed E-state index contributed by atoms with van der Waals surface area (Å²) in [5.74, 6) is 1.09. The molecule has 1 atom stereocenters. The van der Waals surface area contributed by atoms with Crippen molar-refractivity contribution in [1.29, 1.82) is 0 Å². The van der Waals surface area contributed by atoms with Crippen LogP contribution in [-0.4, -0.2) is 42.6 Å². The van der Waals surface area contributed by atoms with E-state index in [0.29, 0.717) is 12.6 Å². The third-order valence-electron chi connectivity index (χ3n) is 3.86. The van der Waals surface area contributed by atoms with Gasteiger partial charge in [0.05, 0.1) is 0 Å².